The van der Waals surface area contributed by atoms with Crippen molar-refractivity contribution in [3.63, 3.8) is 0 Å². The molecule has 0 aliphatic heterocycles. The van der Waals surface area contributed by atoms with Crippen LogP contribution in [0.5, 0.6) is 0 Å². The summed E-state index contributed by atoms with van der Waals surface area (Å²) in [6, 6.07) is 1.79. The predicted molar refractivity (Wildman–Crippen MR) is 53.6 cm³/mol. The molecule has 74 valence electrons. The third-order valence-corrected chi connectivity index (χ3v) is 2.05. The lowest BCUT2D eigenvalue weighted by Gasteiger charge is -1.98. The van der Waals surface area contributed by atoms with Crippen molar-refractivity contribution in [2.24, 2.45) is 7.05 Å². The molecule has 0 amide bonds. The van der Waals surface area contributed by atoms with Crippen LogP contribution in [0.2, 0.25) is 0 Å². The lowest BCUT2D eigenvalue weighted by Crippen LogP contribution is -2.02. The predicted octanol–water partition coefficient (Wildman–Crippen LogP) is 0.441. The summed E-state index contributed by atoms with van der Waals surface area (Å²) in [7, 11) is 1.91. The van der Waals surface area contributed by atoms with Crippen LogP contribution in [0.15, 0.2) is 24.7 Å². The number of hydrogen-bond acceptors (Lipinski definition) is 3. The van der Waals surface area contributed by atoms with Crippen molar-refractivity contribution in [2.45, 2.75) is 13.0 Å². The van der Waals surface area contributed by atoms with Crippen molar-refractivity contribution in [3.05, 3.63) is 30.2 Å². The van der Waals surface area contributed by atoms with Gasteiger partial charge in [0.2, 0.25) is 0 Å². The molecule has 0 saturated carbocycles. The molecule has 0 fully saturated rings. The van der Waals surface area contributed by atoms with E-state index in [-0.39, 0.29) is 0 Å². The van der Waals surface area contributed by atoms with E-state index in [1.54, 1.807) is 10.7 Å². The minimum absolute atomic E-state index is 0.566. The number of nitrogens with zero attached hydrogens (tertiary/aromatic N) is 4. The summed E-state index contributed by atoms with van der Waals surface area (Å²) in [5.41, 5.74) is 6.71. The Labute approximate surface area is 82.1 Å². The molecule has 14 heavy (non-hydrogen) atoms. The SMILES string of the molecule is Cn1cc(CCn2ccc(N)n2)cn1. The third-order valence-electron chi connectivity index (χ3n) is 2.05. The fraction of sp³-hybridized carbons (Fsp3) is 0.333. The molecule has 0 bridgehead atoms. The van der Waals surface area contributed by atoms with Crippen molar-refractivity contribution in [3.8, 4) is 0 Å². The summed E-state index contributed by atoms with van der Waals surface area (Å²) in [4.78, 5) is 0. The normalized spacial score (nSPS) is 10.6. The van der Waals surface area contributed by atoms with Gasteiger partial charge in [-0.25, -0.2) is 0 Å². The highest BCUT2D eigenvalue weighted by molar-refractivity contribution is 5.23. The Bertz CT molecular complexity index is 374. The van der Waals surface area contributed by atoms with Gasteiger partial charge in [0, 0.05) is 26.0 Å². The average molecular weight is 191 g/mol. The summed E-state index contributed by atoms with van der Waals surface area (Å²) in [5.74, 6) is 0.566. The zero-order chi connectivity index (χ0) is 9.97. The second-order valence-corrected chi connectivity index (χ2v) is 3.28. The number of anilines is 1. The van der Waals surface area contributed by atoms with Crippen LogP contribution in [0, 0.1) is 0 Å². The monoisotopic (exact) mass is 191 g/mol. The highest BCUT2D eigenvalue weighted by Gasteiger charge is 1.98. The first-order valence-electron chi connectivity index (χ1n) is 4.50. The molecule has 2 rings (SSSR count). The van der Waals surface area contributed by atoms with E-state index < -0.39 is 0 Å². The molecule has 0 atom stereocenters. The molecule has 0 aliphatic carbocycles. The average Bonchev–Trinajstić information content (AvgIpc) is 2.72. The maximum atomic E-state index is 5.50. The first kappa shape index (κ1) is 8.80. The van der Waals surface area contributed by atoms with E-state index in [1.165, 1.54) is 5.56 Å². The lowest BCUT2D eigenvalue weighted by molar-refractivity contribution is 0.617. The van der Waals surface area contributed by atoms with Gasteiger partial charge < -0.3 is 5.73 Å². The van der Waals surface area contributed by atoms with Crippen molar-refractivity contribution in [1.82, 2.24) is 19.6 Å². The van der Waals surface area contributed by atoms with Gasteiger partial charge in [0.15, 0.2) is 0 Å². The van der Waals surface area contributed by atoms with E-state index in [9.17, 15) is 0 Å². The first-order valence-corrected chi connectivity index (χ1v) is 4.50. The van der Waals surface area contributed by atoms with Crippen molar-refractivity contribution in [2.75, 3.05) is 5.73 Å². The Kier molecular flexibility index (Phi) is 2.22. The molecule has 5 nitrogen and oxygen atoms in total. The Morgan fingerprint density at radius 2 is 2.36 bits per heavy atom. The summed E-state index contributed by atoms with van der Waals surface area (Å²) in [5, 5.41) is 8.20. The fourth-order valence-corrected chi connectivity index (χ4v) is 1.35. The third kappa shape index (κ3) is 1.93. The van der Waals surface area contributed by atoms with Gasteiger partial charge in [0.05, 0.1) is 6.20 Å². The van der Waals surface area contributed by atoms with Gasteiger partial charge >= 0.3 is 0 Å². The van der Waals surface area contributed by atoms with Gasteiger partial charge in [-0.1, -0.05) is 0 Å². The summed E-state index contributed by atoms with van der Waals surface area (Å²) < 4.78 is 3.63. The first-order chi connectivity index (χ1) is 6.74. The number of rotatable bonds is 3. The van der Waals surface area contributed by atoms with Crippen LogP contribution in [0.4, 0.5) is 5.82 Å². The molecule has 2 aromatic rings. The molecule has 0 unspecified atom stereocenters. The second kappa shape index (κ2) is 3.53. The van der Waals surface area contributed by atoms with Crippen LogP contribution in [0.25, 0.3) is 0 Å². The van der Waals surface area contributed by atoms with Gasteiger partial charge in [-0.15, -0.1) is 0 Å². The van der Waals surface area contributed by atoms with E-state index >= 15 is 0 Å². The fourth-order valence-electron chi connectivity index (χ4n) is 1.35. The zero-order valence-electron chi connectivity index (χ0n) is 8.09. The second-order valence-electron chi connectivity index (χ2n) is 3.28. The molecule has 0 radical (unpaired) electrons. The van der Waals surface area contributed by atoms with Crippen LogP contribution in [0.3, 0.4) is 0 Å². The van der Waals surface area contributed by atoms with Crippen LogP contribution >= 0.6 is 0 Å². The number of nitrogens with two attached hydrogens (primary N) is 1. The van der Waals surface area contributed by atoms with E-state index in [1.807, 2.05) is 30.3 Å². The van der Waals surface area contributed by atoms with Crippen molar-refractivity contribution in [1.29, 1.82) is 0 Å². The van der Waals surface area contributed by atoms with E-state index in [2.05, 4.69) is 10.2 Å². The van der Waals surface area contributed by atoms with E-state index in [0.29, 0.717) is 5.82 Å². The van der Waals surface area contributed by atoms with Gasteiger partial charge in [0.1, 0.15) is 5.82 Å². The zero-order valence-corrected chi connectivity index (χ0v) is 8.09. The summed E-state index contributed by atoms with van der Waals surface area (Å²) >= 11 is 0. The minimum Gasteiger partial charge on any atom is -0.382 e. The Morgan fingerprint density at radius 1 is 1.50 bits per heavy atom. The van der Waals surface area contributed by atoms with Crippen molar-refractivity contribution >= 4 is 5.82 Å². The van der Waals surface area contributed by atoms with Crippen LogP contribution in [-0.2, 0) is 20.0 Å². The van der Waals surface area contributed by atoms with Crippen molar-refractivity contribution < 1.29 is 0 Å². The number of aryl methyl sites for hydroxylation is 3. The standard InChI is InChI=1S/C9H13N5/c1-13-7-8(6-11-13)2-4-14-5-3-9(10)12-14/h3,5-7H,2,4H2,1H3,(H2,10,12). The van der Waals surface area contributed by atoms with Gasteiger partial charge in [-0.3, -0.25) is 9.36 Å². The van der Waals surface area contributed by atoms with Crippen LogP contribution in [-0.4, -0.2) is 19.6 Å². The van der Waals surface area contributed by atoms with Gasteiger partial charge in [-0.2, -0.15) is 10.2 Å². The Morgan fingerprint density at radius 3 is 2.93 bits per heavy atom. The maximum Gasteiger partial charge on any atom is 0.145 e. The van der Waals surface area contributed by atoms with E-state index in [4.69, 9.17) is 5.73 Å². The number of nitrogen functional groups attached to an aromatic ring is 1. The van der Waals surface area contributed by atoms with Gasteiger partial charge in [0.25, 0.3) is 0 Å². The number of hydrogen-bond donors (Lipinski definition) is 1. The highest BCUT2D eigenvalue weighted by atomic mass is 15.3. The summed E-state index contributed by atoms with van der Waals surface area (Å²) in [6.45, 7) is 0.836. The molecule has 5 heteroatoms. The molecule has 0 saturated heterocycles. The molecule has 2 N–H and O–H groups in total. The lowest BCUT2D eigenvalue weighted by atomic mass is 10.2. The molecular formula is C9H13N5. The summed E-state index contributed by atoms with van der Waals surface area (Å²) in [6.07, 6.45) is 6.68. The van der Waals surface area contributed by atoms with Crippen LogP contribution in [0.1, 0.15) is 5.56 Å². The molecule has 0 aromatic carbocycles. The van der Waals surface area contributed by atoms with Crippen LogP contribution < -0.4 is 5.73 Å². The van der Waals surface area contributed by atoms with E-state index in [0.717, 1.165) is 13.0 Å². The highest BCUT2D eigenvalue weighted by Crippen LogP contribution is 2.01. The molecular weight excluding hydrogens is 178 g/mol. The molecule has 2 heterocycles. The Hall–Kier alpha value is -1.78. The maximum absolute atomic E-state index is 5.50. The quantitative estimate of drug-likeness (QED) is 0.765. The molecule has 2 aromatic heterocycles. The largest absolute Gasteiger partial charge is 0.382 e. The minimum atomic E-state index is 0.566. The Balaban J connectivity index is 1.94. The number of aromatic nitrogens is 4. The van der Waals surface area contributed by atoms with Gasteiger partial charge in [-0.05, 0) is 18.1 Å². The molecule has 0 aliphatic rings. The smallest absolute Gasteiger partial charge is 0.145 e. The molecule has 0 spiro atoms. The topological polar surface area (TPSA) is 61.7 Å².